The fourth-order valence-electron chi connectivity index (χ4n) is 2.58. The van der Waals surface area contributed by atoms with Crippen molar-refractivity contribution < 1.29 is 15.0 Å². The second kappa shape index (κ2) is 5.31. The third kappa shape index (κ3) is 2.33. The van der Waals surface area contributed by atoms with Crippen LogP contribution < -0.4 is 0 Å². The fraction of sp³-hybridized carbons (Fsp3) is 0.118. The van der Waals surface area contributed by atoms with Crippen molar-refractivity contribution in [2.45, 2.75) is 13.0 Å². The van der Waals surface area contributed by atoms with Gasteiger partial charge in [-0.2, -0.15) is 0 Å². The first kappa shape index (κ1) is 13.8. The number of thiophene rings is 1. The highest BCUT2D eigenvalue weighted by molar-refractivity contribution is 7.10. The number of aliphatic hydroxyl groups excluding tert-OH is 1. The Morgan fingerprint density at radius 1 is 1.14 bits per heavy atom. The van der Waals surface area contributed by atoms with Crippen molar-refractivity contribution in [1.29, 1.82) is 0 Å². The molecular formula is C17H14O3S. The number of hydrogen-bond acceptors (Lipinski definition) is 3. The Morgan fingerprint density at radius 3 is 2.48 bits per heavy atom. The van der Waals surface area contributed by atoms with E-state index in [0.717, 1.165) is 15.8 Å². The molecule has 0 aliphatic heterocycles. The van der Waals surface area contributed by atoms with Gasteiger partial charge in [-0.25, -0.2) is 4.79 Å². The summed E-state index contributed by atoms with van der Waals surface area (Å²) in [5.74, 6) is -0.983. The molecule has 3 aromatic rings. The molecule has 1 heterocycles. The van der Waals surface area contributed by atoms with Gasteiger partial charge in [0.2, 0.25) is 0 Å². The van der Waals surface area contributed by atoms with Crippen LogP contribution in [0.1, 0.15) is 32.5 Å². The molecule has 0 saturated carbocycles. The van der Waals surface area contributed by atoms with Gasteiger partial charge in [0.1, 0.15) is 6.10 Å². The number of carbonyl (C=O) groups is 1. The van der Waals surface area contributed by atoms with Crippen molar-refractivity contribution in [3.63, 3.8) is 0 Å². The summed E-state index contributed by atoms with van der Waals surface area (Å²) >= 11 is 1.48. The molecule has 0 aliphatic rings. The van der Waals surface area contributed by atoms with Crippen LogP contribution in [0.3, 0.4) is 0 Å². The van der Waals surface area contributed by atoms with Crippen LogP contribution in [-0.2, 0) is 0 Å². The van der Waals surface area contributed by atoms with E-state index in [4.69, 9.17) is 0 Å². The molecule has 1 aromatic heterocycles. The number of benzene rings is 2. The van der Waals surface area contributed by atoms with Gasteiger partial charge >= 0.3 is 5.97 Å². The minimum atomic E-state index is -0.983. The van der Waals surface area contributed by atoms with Crippen LogP contribution >= 0.6 is 11.3 Å². The molecule has 3 rings (SSSR count). The van der Waals surface area contributed by atoms with Gasteiger partial charge in [0.05, 0.1) is 5.56 Å². The number of rotatable bonds is 3. The van der Waals surface area contributed by atoms with Crippen molar-refractivity contribution >= 4 is 28.1 Å². The van der Waals surface area contributed by atoms with Crippen molar-refractivity contribution in [3.8, 4) is 0 Å². The van der Waals surface area contributed by atoms with Gasteiger partial charge in [-0.1, -0.05) is 30.3 Å². The normalized spacial score (nSPS) is 12.5. The summed E-state index contributed by atoms with van der Waals surface area (Å²) in [6.07, 6.45) is -0.811. The minimum absolute atomic E-state index is 0.219. The molecule has 0 spiro atoms. The van der Waals surface area contributed by atoms with Gasteiger partial charge < -0.3 is 10.2 Å². The number of hydrogen-bond donors (Lipinski definition) is 2. The smallest absolute Gasteiger partial charge is 0.336 e. The molecular weight excluding hydrogens is 284 g/mol. The van der Waals surface area contributed by atoms with Gasteiger partial charge in [-0.15, -0.1) is 11.3 Å². The molecule has 2 N–H and O–H groups in total. The molecule has 0 bridgehead atoms. The summed E-state index contributed by atoms with van der Waals surface area (Å²) in [5.41, 5.74) is 1.87. The predicted octanol–water partition coefficient (Wildman–Crippen LogP) is 3.99. The first-order valence-electron chi connectivity index (χ1n) is 6.56. The number of fused-ring (bicyclic) bond motifs is 1. The summed E-state index contributed by atoms with van der Waals surface area (Å²) in [6.45, 7) is 1.94. The third-order valence-electron chi connectivity index (χ3n) is 3.61. The number of aromatic carboxylic acids is 1. The molecule has 1 atom stereocenters. The Balaban J connectivity index is 2.28. The monoisotopic (exact) mass is 298 g/mol. The highest BCUT2D eigenvalue weighted by atomic mass is 32.1. The van der Waals surface area contributed by atoms with E-state index in [1.54, 1.807) is 18.2 Å². The van der Waals surface area contributed by atoms with Crippen LogP contribution in [0.4, 0.5) is 0 Å². The third-order valence-corrected chi connectivity index (χ3v) is 4.68. The Kier molecular flexibility index (Phi) is 3.49. The van der Waals surface area contributed by atoms with Crippen LogP contribution in [0, 0.1) is 6.92 Å². The van der Waals surface area contributed by atoms with Gasteiger partial charge in [0, 0.05) is 10.3 Å². The minimum Gasteiger partial charge on any atom is -0.478 e. The maximum absolute atomic E-state index is 11.5. The standard InChI is InChI=1S/C17H14O3S/c1-10-8-9-21-16(10)15(18)12-6-2-4-11-5-3-7-13(14(11)12)17(19)20/h2-9,15,18H,1H3,(H,19,20). The number of aliphatic hydroxyl groups is 1. The second-order valence-corrected chi connectivity index (χ2v) is 5.87. The Labute approximate surface area is 126 Å². The lowest BCUT2D eigenvalue weighted by molar-refractivity contribution is 0.0699. The fourth-order valence-corrected chi connectivity index (χ4v) is 3.51. The van der Waals surface area contributed by atoms with Crippen LogP contribution in [-0.4, -0.2) is 16.2 Å². The van der Waals surface area contributed by atoms with Gasteiger partial charge in [-0.3, -0.25) is 0 Å². The van der Waals surface area contributed by atoms with Crippen molar-refractivity contribution in [3.05, 3.63) is 69.4 Å². The maximum Gasteiger partial charge on any atom is 0.336 e. The zero-order valence-electron chi connectivity index (χ0n) is 11.4. The lowest BCUT2D eigenvalue weighted by atomic mass is 9.95. The molecule has 4 heteroatoms. The molecule has 106 valence electrons. The van der Waals surface area contributed by atoms with E-state index in [9.17, 15) is 15.0 Å². The van der Waals surface area contributed by atoms with Crippen LogP contribution in [0.2, 0.25) is 0 Å². The predicted molar refractivity (Wildman–Crippen MR) is 84.0 cm³/mol. The van der Waals surface area contributed by atoms with E-state index in [-0.39, 0.29) is 5.56 Å². The molecule has 0 amide bonds. The summed E-state index contributed by atoms with van der Waals surface area (Å²) in [5, 5.41) is 23.4. The average molecular weight is 298 g/mol. The first-order valence-corrected chi connectivity index (χ1v) is 7.44. The van der Waals surface area contributed by atoms with Crippen molar-refractivity contribution in [1.82, 2.24) is 0 Å². The van der Waals surface area contributed by atoms with E-state index in [1.165, 1.54) is 11.3 Å². The van der Waals surface area contributed by atoms with Crippen LogP contribution in [0.15, 0.2) is 47.8 Å². The lowest BCUT2D eigenvalue weighted by Gasteiger charge is -2.15. The second-order valence-electron chi connectivity index (χ2n) is 4.93. The van der Waals surface area contributed by atoms with Gasteiger partial charge in [-0.05, 0) is 40.9 Å². The summed E-state index contributed by atoms with van der Waals surface area (Å²) in [6, 6.07) is 12.6. The number of carboxylic acids is 1. The van der Waals surface area contributed by atoms with Crippen molar-refractivity contribution in [2.24, 2.45) is 0 Å². The van der Waals surface area contributed by atoms with Crippen LogP contribution in [0.25, 0.3) is 10.8 Å². The molecule has 3 nitrogen and oxygen atoms in total. The highest BCUT2D eigenvalue weighted by Crippen LogP contribution is 2.34. The maximum atomic E-state index is 11.5. The Bertz CT molecular complexity index is 815. The zero-order valence-corrected chi connectivity index (χ0v) is 12.2. The first-order chi connectivity index (χ1) is 10.1. The number of carboxylic acid groups (broad SMARTS) is 1. The molecule has 0 radical (unpaired) electrons. The van der Waals surface area contributed by atoms with E-state index in [2.05, 4.69) is 0 Å². The largest absolute Gasteiger partial charge is 0.478 e. The Morgan fingerprint density at radius 2 is 1.86 bits per heavy atom. The van der Waals surface area contributed by atoms with Gasteiger partial charge in [0.25, 0.3) is 0 Å². The summed E-state index contributed by atoms with van der Waals surface area (Å²) in [4.78, 5) is 12.3. The van der Waals surface area contributed by atoms with E-state index >= 15 is 0 Å². The van der Waals surface area contributed by atoms with Gasteiger partial charge in [0.15, 0.2) is 0 Å². The molecule has 0 fully saturated rings. The highest BCUT2D eigenvalue weighted by Gasteiger charge is 2.20. The van der Waals surface area contributed by atoms with Crippen molar-refractivity contribution in [2.75, 3.05) is 0 Å². The SMILES string of the molecule is Cc1ccsc1C(O)c1cccc2cccc(C(=O)O)c12. The van der Waals surface area contributed by atoms with Crippen LogP contribution in [0.5, 0.6) is 0 Å². The molecule has 0 saturated heterocycles. The molecule has 21 heavy (non-hydrogen) atoms. The van der Waals surface area contributed by atoms with E-state index in [0.29, 0.717) is 10.9 Å². The Hall–Kier alpha value is -2.17. The molecule has 0 aliphatic carbocycles. The zero-order chi connectivity index (χ0) is 15.0. The summed E-state index contributed by atoms with van der Waals surface area (Å²) < 4.78 is 0. The quantitative estimate of drug-likeness (QED) is 0.768. The number of aryl methyl sites for hydroxylation is 1. The molecule has 1 unspecified atom stereocenters. The van der Waals surface area contributed by atoms with E-state index in [1.807, 2.05) is 36.6 Å². The lowest BCUT2D eigenvalue weighted by Crippen LogP contribution is -2.04. The topological polar surface area (TPSA) is 57.5 Å². The summed E-state index contributed by atoms with van der Waals surface area (Å²) in [7, 11) is 0. The van der Waals surface area contributed by atoms with E-state index < -0.39 is 12.1 Å². The molecule has 2 aromatic carbocycles. The average Bonchev–Trinajstić information content (AvgIpc) is 2.91.